The standard InChI is InChI=1S/C70H115N13O27S4/c71-17-26-13-39(46(79)53(91)49(26)87)102-60-36(77)14-33(74)50(88)62(60)110-70-57(95)61(109-68-48(81)54(92)52(90)41(19-73)104-68)43(106-70)25-114-12-8-101-6-10-112-23-28(85)21-83-65(98)31-3-1-29-44-30(2-4-32(45(31)44)66(83)99)64(97)82(63(29)96)20-27(84)22-111-9-5-100-7-11-113-24-42-51(89)47(80)55(93)69(105-42)108-59-35(76)15-34(75)58(56(59)94)107-67-37(78)16-38(86)40(18-72)103-67/h1-4,26-28,33-43,46-62,67-70,84-95H,5-25,71-81H2. The van der Waals surface area contributed by atoms with E-state index in [-0.39, 0.29) is 141 Å². The third-order valence-corrected chi connectivity index (χ3v) is 26.7. The maximum absolute atomic E-state index is 14.1. The molecule has 3 aliphatic carbocycles. The third kappa shape index (κ3) is 20.5. The molecule has 0 spiro atoms. The van der Waals surface area contributed by atoms with Gasteiger partial charge >= 0.3 is 0 Å². The highest BCUT2D eigenvalue weighted by molar-refractivity contribution is 8.00. The summed E-state index contributed by atoms with van der Waals surface area (Å²) in [5.41, 5.74) is 68.5. The second-order valence-electron chi connectivity index (χ2n) is 30.5. The molecule has 114 heavy (non-hydrogen) atoms. The number of amides is 4. The summed E-state index contributed by atoms with van der Waals surface area (Å²) >= 11 is 5.36. The van der Waals surface area contributed by atoms with Crippen molar-refractivity contribution in [1.29, 1.82) is 0 Å². The number of aliphatic hydroxyl groups excluding tert-OH is 12. The van der Waals surface area contributed by atoms with Crippen molar-refractivity contribution in [2.24, 2.45) is 69.0 Å². The summed E-state index contributed by atoms with van der Waals surface area (Å²) < 4.78 is 66.8. The second kappa shape index (κ2) is 41.3. The zero-order valence-corrected chi connectivity index (χ0v) is 66.0. The first-order valence-electron chi connectivity index (χ1n) is 38.4. The predicted molar refractivity (Wildman–Crippen MR) is 413 cm³/mol. The molecule has 2 aromatic rings. The smallest absolute Gasteiger partial charge is 0.261 e. The van der Waals surface area contributed by atoms with Crippen LogP contribution in [0.3, 0.4) is 0 Å². The van der Waals surface area contributed by atoms with Gasteiger partial charge in [0.1, 0.15) is 67.1 Å². The lowest BCUT2D eigenvalue weighted by atomic mass is 9.79. The van der Waals surface area contributed by atoms with E-state index in [1.165, 1.54) is 71.3 Å². The fraction of sp³-hybridized carbons (Fsp3) is 0.800. The van der Waals surface area contributed by atoms with Gasteiger partial charge in [0.15, 0.2) is 25.2 Å². The van der Waals surface area contributed by atoms with Crippen LogP contribution in [0.25, 0.3) is 10.8 Å². The fourth-order valence-corrected chi connectivity index (χ4v) is 19.3. The largest absolute Gasteiger partial charge is 0.390 e. The fourth-order valence-electron chi connectivity index (χ4n) is 16.0. The van der Waals surface area contributed by atoms with E-state index in [1.54, 1.807) is 0 Å². The van der Waals surface area contributed by atoms with E-state index in [4.69, 9.17) is 115 Å². The van der Waals surface area contributed by atoms with Crippen LogP contribution in [-0.4, -0.2) is 408 Å². The molecule has 11 rings (SSSR count). The number of β-amino-alcohol motifs (C(OH)–C–C–N with tert-alkyl or cyclic N) is 2. The van der Waals surface area contributed by atoms with Crippen molar-refractivity contribution in [2.45, 2.75) is 233 Å². The van der Waals surface area contributed by atoms with Crippen LogP contribution in [0.15, 0.2) is 24.3 Å². The molecule has 34 N–H and O–H groups in total. The average Bonchev–Trinajstić information content (AvgIpc) is 0.745. The molecule has 40 nitrogen and oxygen atoms in total. The van der Waals surface area contributed by atoms with E-state index in [2.05, 4.69) is 0 Å². The molecule has 646 valence electrons. The van der Waals surface area contributed by atoms with E-state index in [0.717, 1.165) is 9.80 Å². The quantitative estimate of drug-likeness (QED) is 0.0221. The maximum atomic E-state index is 14.1. The van der Waals surface area contributed by atoms with Crippen molar-refractivity contribution in [3.05, 3.63) is 46.5 Å². The summed E-state index contributed by atoms with van der Waals surface area (Å²) in [6.07, 6.45) is -31.5. The van der Waals surface area contributed by atoms with Crippen molar-refractivity contribution < 1.29 is 133 Å². The first-order valence-corrected chi connectivity index (χ1v) is 43.0. The molecule has 6 aliphatic heterocycles. The number of imide groups is 2. The molecule has 44 heteroatoms. The molecule has 7 fully saturated rings. The van der Waals surface area contributed by atoms with Gasteiger partial charge in [-0.25, -0.2) is 0 Å². The Balaban J connectivity index is 0.586. The monoisotopic (exact) mass is 1700 g/mol. The van der Waals surface area contributed by atoms with Crippen molar-refractivity contribution in [3.63, 3.8) is 0 Å². The van der Waals surface area contributed by atoms with Gasteiger partial charge in [-0.2, -0.15) is 47.0 Å². The summed E-state index contributed by atoms with van der Waals surface area (Å²) in [4.78, 5) is 58.2. The number of thioether (sulfide) groups is 4. The lowest BCUT2D eigenvalue weighted by Crippen LogP contribution is -2.68. The number of carbonyl (C=O) groups excluding carboxylic acids is 4. The molecule has 3 saturated carbocycles. The Kier molecular flexibility index (Phi) is 33.2. The highest BCUT2D eigenvalue weighted by Crippen LogP contribution is 2.41. The SMILES string of the molecule is NCC1CC(OC2C(N)CC(N)C(O)C2OC2OC(CSCCOCCSCC(O)CN3C(=O)c4ccc5c6c(ccc(c46)C3=O)C(=O)N(CC(O)CSCCOCCSCC3OC(OC4C(N)CC(N)C(OC6OC(CN)C(O)CC6N)C4O)C(O)C(N)C3O)C5=O)C(OC3OC(CN)C(O)C(O)C3N)C2O)C(N)C(O)C1O. The lowest BCUT2D eigenvalue weighted by molar-refractivity contribution is -0.309. The van der Waals surface area contributed by atoms with Gasteiger partial charge < -0.3 is 176 Å². The summed E-state index contributed by atoms with van der Waals surface area (Å²) in [6.45, 7) is 0.105. The molecule has 9 aliphatic rings. The first kappa shape index (κ1) is 91.8. The highest BCUT2D eigenvalue weighted by atomic mass is 32.2. The van der Waals surface area contributed by atoms with Crippen LogP contribution in [0.5, 0.6) is 0 Å². The van der Waals surface area contributed by atoms with Crippen LogP contribution in [0, 0.1) is 5.92 Å². The van der Waals surface area contributed by atoms with E-state index in [1.807, 2.05) is 0 Å². The van der Waals surface area contributed by atoms with E-state index in [0.29, 0.717) is 23.0 Å². The molecule has 4 amide bonds. The Morgan fingerprint density at radius 1 is 0.386 bits per heavy atom. The predicted octanol–water partition coefficient (Wildman–Crippen LogP) is -10.8. The molecule has 35 atom stereocenters. The number of hydrogen-bond acceptors (Lipinski definition) is 42. The van der Waals surface area contributed by atoms with Crippen molar-refractivity contribution in [2.75, 3.05) is 105 Å². The van der Waals surface area contributed by atoms with Crippen molar-refractivity contribution >= 4 is 81.4 Å². The summed E-state index contributed by atoms with van der Waals surface area (Å²) in [5.74, 6) is -1.21. The Bertz CT molecular complexity index is 3440. The van der Waals surface area contributed by atoms with Crippen LogP contribution in [0.1, 0.15) is 67.1 Å². The second-order valence-corrected chi connectivity index (χ2v) is 35.1. The van der Waals surface area contributed by atoms with Gasteiger partial charge in [-0.15, -0.1) is 0 Å². The van der Waals surface area contributed by atoms with Gasteiger partial charge in [-0.1, -0.05) is 0 Å². The van der Waals surface area contributed by atoms with Crippen LogP contribution in [0.2, 0.25) is 0 Å². The number of rotatable bonds is 37. The van der Waals surface area contributed by atoms with E-state index < -0.39 is 237 Å². The van der Waals surface area contributed by atoms with Crippen molar-refractivity contribution in [1.82, 2.24) is 9.80 Å². The normalized spacial score (nSPS) is 40.6. The number of nitrogens with zero attached hydrogens (tertiary/aromatic N) is 2. The summed E-state index contributed by atoms with van der Waals surface area (Å²) in [7, 11) is 0. The maximum Gasteiger partial charge on any atom is 0.261 e. The summed E-state index contributed by atoms with van der Waals surface area (Å²) in [5, 5.41) is 133. The Hall–Kier alpha value is -2.98. The molecule has 4 saturated heterocycles. The topological polar surface area (TPSA) is 705 Å². The van der Waals surface area contributed by atoms with Crippen LogP contribution in [-0.2, 0) is 52.1 Å². The van der Waals surface area contributed by atoms with Crippen LogP contribution >= 0.6 is 47.0 Å². The van der Waals surface area contributed by atoms with Crippen molar-refractivity contribution in [3.8, 4) is 0 Å². The Morgan fingerprint density at radius 2 is 0.825 bits per heavy atom. The number of aliphatic hydroxyl groups is 12. The number of carbonyl (C=O) groups is 4. The molecule has 0 aromatic heterocycles. The Morgan fingerprint density at radius 3 is 1.35 bits per heavy atom. The van der Waals surface area contributed by atoms with E-state index >= 15 is 0 Å². The molecule has 0 bridgehead atoms. The average molecular weight is 1700 g/mol. The molecule has 2 aromatic carbocycles. The van der Waals surface area contributed by atoms with Gasteiger partial charge in [0.2, 0.25) is 0 Å². The van der Waals surface area contributed by atoms with Gasteiger partial charge in [-0.3, -0.25) is 29.0 Å². The Labute approximate surface area is 674 Å². The lowest BCUT2D eigenvalue weighted by Gasteiger charge is -2.48. The molecule has 35 unspecified atom stereocenters. The van der Waals surface area contributed by atoms with Gasteiger partial charge in [0.25, 0.3) is 23.6 Å². The van der Waals surface area contributed by atoms with Gasteiger partial charge in [-0.05, 0) is 56.5 Å². The number of ether oxygens (including phenoxy) is 11. The minimum Gasteiger partial charge on any atom is -0.390 e. The number of hydrogen-bond donors (Lipinski definition) is 23. The van der Waals surface area contributed by atoms with Crippen LogP contribution < -0.4 is 63.1 Å². The van der Waals surface area contributed by atoms with Gasteiger partial charge in [0, 0.05) is 122 Å². The minimum absolute atomic E-state index is 0.0000168. The van der Waals surface area contributed by atoms with Crippen LogP contribution in [0.4, 0.5) is 0 Å². The zero-order chi connectivity index (χ0) is 82.4. The first-order chi connectivity index (χ1) is 54.4. The number of nitrogens with two attached hydrogens (primary N) is 11. The minimum atomic E-state index is -1.61. The molecular weight excluding hydrogens is 1580 g/mol. The molecule has 6 heterocycles. The van der Waals surface area contributed by atoms with E-state index in [9.17, 15) is 80.5 Å². The molecular formula is C70H115N13O27S4. The highest BCUT2D eigenvalue weighted by Gasteiger charge is 2.56. The molecule has 0 radical (unpaired) electrons. The number of benzene rings is 2. The summed E-state index contributed by atoms with van der Waals surface area (Å²) in [6, 6.07) is -2.05. The zero-order valence-electron chi connectivity index (χ0n) is 62.7. The third-order valence-electron chi connectivity index (χ3n) is 22.5. The van der Waals surface area contributed by atoms with Gasteiger partial charge in [0.05, 0.1) is 131 Å².